The Balaban J connectivity index is 3.18. The van der Waals surface area contributed by atoms with Crippen LogP contribution in [0.5, 0.6) is 0 Å². The van der Waals surface area contributed by atoms with E-state index in [4.69, 9.17) is 4.74 Å². The summed E-state index contributed by atoms with van der Waals surface area (Å²) in [6.45, 7) is 6.29. The maximum atomic E-state index is 12.6. The summed E-state index contributed by atoms with van der Waals surface area (Å²) in [6, 6.07) is 5.22. The van der Waals surface area contributed by atoms with Crippen LogP contribution in [0, 0.1) is 6.92 Å². The second-order valence-electron chi connectivity index (χ2n) is 4.05. The van der Waals surface area contributed by atoms with Crippen molar-refractivity contribution < 1.29 is 13.2 Å². The third kappa shape index (κ3) is 4.14. The van der Waals surface area contributed by atoms with Gasteiger partial charge in [-0.25, -0.2) is 8.42 Å². The number of aryl methyl sites for hydroxylation is 1. The Morgan fingerprint density at radius 3 is 2.74 bits per heavy atom. The molecule has 1 aromatic rings. The van der Waals surface area contributed by atoms with Gasteiger partial charge < -0.3 is 4.74 Å². The molecule has 106 valence electrons. The van der Waals surface area contributed by atoms with Crippen LogP contribution in [-0.4, -0.2) is 39.5 Å². The molecule has 0 bridgehead atoms. The summed E-state index contributed by atoms with van der Waals surface area (Å²) in [5, 5.41) is 0. The molecule has 0 amide bonds. The average Bonchev–Trinajstić information content (AvgIpc) is 2.37. The van der Waals surface area contributed by atoms with E-state index in [2.05, 4.69) is 22.5 Å². The molecular weight excluding hydrogens is 330 g/mol. The Morgan fingerprint density at radius 2 is 2.16 bits per heavy atom. The molecule has 0 fully saturated rings. The van der Waals surface area contributed by atoms with Gasteiger partial charge in [0.15, 0.2) is 0 Å². The van der Waals surface area contributed by atoms with Crippen molar-refractivity contribution in [2.45, 2.75) is 11.8 Å². The lowest BCUT2D eigenvalue weighted by Gasteiger charge is -2.21. The predicted octanol–water partition coefficient (Wildman–Crippen LogP) is 2.58. The van der Waals surface area contributed by atoms with Gasteiger partial charge in [-0.1, -0.05) is 28.1 Å². The number of methoxy groups -OCH3 is 1. The number of nitrogens with zero attached hydrogens (tertiary/aromatic N) is 1. The molecule has 0 unspecified atom stereocenters. The van der Waals surface area contributed by atoms with Gasteiger partial charge in [-0.15, -0.1) is 6.58 Å². The van der Waals surface area contributed by atoms with E-state index in [1.54, 1.807) is 32.2 Å². The van der Waals surface area contributed by atoms with Gasteiger partial charge >= 0.3 is 0 Å². The highest BCUT2D eigenvalue weighted by Gasteiger charge is 2.25. The van der Waals surface area contributed by atoms with Crippen LogP contribution in [0.2, 0.25) is 0 Å². The second-order valence-corrected chi connectivity index (χ2v) is 6.88. The van der Waals surface area contributed by atoms with Gasteiger partial charge in [0.05, 0.1) is 11.5 Å². The maximum absolute atomic E-state index is 12.6. The Labute approximate surface area is 123 Å². The Kier molecular flexibility index (Phi) is 6.19. The topological polar surface area (TPSA) is 46.6 Å². The summed E-state index contributed by atoms with van der Waals surface area (Å²) >= 11 is 3.30. The molecule has 1 aromatic carbocycles. The van der Waals surface area contributed by atoms with Crippen molar-refractivity contribution in [3.8, 4) is 0 Å². The minimum absolute atomic E-state index is 0.262. The van der Waals surface area contributed by atoms with Gasteiger partial charge in [0.2, 0.25) is 10.0 Å². The van der Waals surface area contributed by atoms with Gasteiger partial charge in [0.1, 0.15) is 0 Å². The number of halogens is 1. The minimum Gasteiger partial charge on any atom is -0.383 e. The van der Waals surface area contributed by atoms with Gasteiger partial charge in [0, 0.05) is 24.7 Å². The number of rotatable bonds is 7. The summed E-state index contributed by atoms with van der Waals surface area (Å²) in [5.41, 5.74) is 0.717. The maximum Gasteiger partial charge on any atom is 0.243 e. The van der Waals surface area contributed by atoms with Gasteiger partial charge in [-0.2, -0.15) is 4.31 Å². The van der Waals surface area contributed by atoms with Crippen molar-refractivity contribution in [3.05, 3.63) is 40.9 Å². The zero-order chi connectivity index (χ0) is 14.5. The zero-order valence-corrected chi connectivity index (χ0v) is 13.5. The molecule has 0 spiro atoms. The Morgan fingerprint density at radius 1 is 1.47 bits per heavy atom. The normalized spacial score (nSPS) is 11.8. The first-order chi connectivity index (χ1) is 8.93. The van der Waals surface area contributed by atoms with Gasteiger partial charge in [0.25, 0.3) is 0 Å². The summed E-state index contributed by atoms with van der Waals surface area (Å²) in [4.78, 5) is 0.305. The van der Waals surface area contributed by atoms with Crippen molar-refractivity contribution in [2.75, 3.05) is 26.8 Å². The van der Waals surface area contributed by atoms with Crippen LogP contribution in [0.4, 0.5) is 0 Å². The number of sulfonamides is 1. The third-order valence-corrected chi connectivity index (χ3v) is 5.15. The van der Waals surface area contributed by atoms with Gasteiger partial charge in [-0.3, -0.25) is 0 Å². The van der Waals surface area contributed by atoms with Crippen LogP contribution >= 0.6 is 15.9 Å². The van der Waals surface area contributed by atoms with Crippen molar-refractivity contribution in [2.24, 2.45) is 0 Å². The van der Waals surface area contributed by atoms with E-state index in [0.717, 1.165) is 10.0 Å². The predicted molar refractivity (Wildman–Crippen MR) is 79.7 cm³/mol. The van der Waals surface area contributed by atoms with Crippen molar-refractivity contribution >= 4 is 26.0 Å². The quantitative estimate of drug-likeness (QED) is 0.712. The summed E-state index contributed by atoms with van der Waals surface area (Å²) in [6.07, 6.45) is 1.57. The number of benzene rings is 1. The molecule has 0 radical (unpaired) electrons. The van der Waals surface area contributed by atoms with Gasteiger partial charge in [-0.05, 0) is 24.6 Å². The summed E-state index contributed by atoms with van der Waals surface area (Å²) in [7, 11) is -1.99. The highest BCUT2D eigenvalue weighted by atomic mass is 79.9. The van der Waals surface area contributed by atoms with Crippen LogP contribution in [0.15, 0.2) is 40.2 Å². The van der Waals surface area contributed by atoms with Crippen LogP contribution in [0.1, 0.15) is 5.56 Å². The van der Waals surface area contributed by atoms with E-state index < -0.39 is 10.0 Å². The van der Waals surface area contributed by atoms with Crippen LogP contribution < -0.4 is 0 Å². The molecule has 0 saturated carbocycles. The first-order valence-electron chi connectivity index (χ1n) is 5.79. The molecule has 4 nitrogen and oxygen atoms in total. The van der Waals surface area contributed by atoms with Crippen LogP contribution in [0.3, 0.4) is 0 Å². The molecule has 0 aliphatic carbocycles. The third-order valence-electron chi connectivity index (χ3n) is 2.65. The zero-order valence-electron chi connectivity index (χ0n) is 11.1. The molecule has 0 N–H and O–H groups in total. The van der Waals surface area contributed by atoms with Crippen LogP contribution in [0.25, 0.3) is 0 Å². The lowest BCUT2D eigenvalue weighted by atomic mass is 10.2. The van der Waals surface area contributed by atoms with Crippen molar-refractivity contribution in [1.29, 1.82) is 0 Å². The number of hydrogen-bond donors (Lipinski definition) is 0. The molecule has 0 heterocycles. The minimum atomic E-state index is -3.54. The fourth-order valence-electron chi connectivity index (χ4n) is 1.64. The Bertz CT molecular complexity index is 543. The van der Waals surface area contributed by atoms with E-state index in [1.807, 2.05) is 6.07 Å². The molecule has 1 rings (SSSR count). The van der Waals surface area contributed by atoms with E-state index in [0.29, 0.717) is 18.0 Å². The Hall–Kier alpha value is -0.690. The molecule has 0 aromatic heterocycles. The summed E-state index contributed by atoms with van der Waals surface area (Å²) < 4.78 is 32.3. The van der Waals surface area contributed by atoms with E-state index in [9.17, 15) is 8.42 Å². The lowest BCUT2D eigenvalue weighted by molar-refractivity contribution is 0.182. The van der Waals surface area contributed by atoms with E-state index in [-0.39, 0.29) is 6.54 Å². The standard InChI is InChI=1S/C13H18BrNO3S/c1-4-7-15(8-9-18-3)19(16,17)13-10-12(14)6-5-11(13)2/h4-6,10H,1,7-9H2,2-3H3. The fraction of sp³-hybridized carbons (Fsp3) is 0.385. The molecule has 6 heteroatoms. The molecule has 0 saturated heterocycles. The first kappa shape index (κ1) is 16.4. The number of hydrogen-bond acceptors (Lipinski definition) is 3. The highest BCUT2D eigenvalue weighted by molar-refractivity contribution is 9.10. The lowest BCUT2D eigenvalue weighted by Crippen LogP contribution is -2.34. The molecule has 19 heavy (non-hydrogen) atoms. The fourth-order valence-corrected chi connectivity index (χ4v) is 3.80. The first-order valence-corrected chi connectivity index (χ1v) is 8.03. The smallest absolute Gasteiger partial charge is 0.243 e. The highest BCUT2D eigenvalue weighted by Crippen LogP contribution is 2.23. The second kappa shape index (κ2) is 7.19. The molecule has 0 atom stereocenters. The van der Waals surface area contributed by atoms with Crippen LogP contribution in [-0.2, 0) is 14.8 Å². The SMILES string of the molecule is C=CCN(CCOC)S(=O)(=O)c1cc(Br)ccc1C. The average molecular weight is 348 g/mol. The van der Waals surface area contributed by atoms with E-state index >= 15 is 0 Å². The largest absolute Gasteiger partial charge is 0.383 e. The van der Waals surface area contributed by atoms with Crippen molar-refractivity contribution in [3.63, 3.8) is 0 Å². The van der Waals surface area contributed by atoms with Crippen molar-refractivity contribution in [1.82, 2.24) is 4.31 Å². The molecule has 0 aliphatic heterocycles. The van der Waals surface area contributed by atoms with E-state index in [1.165, 1.54) is 4.31 Å². The molecule has 0 aliphatic rings. The molecular formula is C13H18BrNO3S. The summed E-state index contributed by atoms with van der Waals surface area (Å²) in [5.74, 6) is 0. The monoisotopic (exact) mass is 347 g/mol. The number of ether oxygens (including phenoxy) is 1.